The van der Waals surface area contributed by atoms with Gasteiger partial charge in [-0.2, -0.15) is 0 Å². The zero-order valence-electron chi connectivity index (χ0n) is 7.07. The van der Waals surface area contributed by atoms with Crippen molar-refractivity contribution in [1.29, 1.82) is 0 Å². The minimum atomic E-state index is -0.213. The number of anilines is 1. The van der Waals surface area contributed by atoms with E-state index < -0.39 is 0 Å². The second-order valence-electron chi connectivity index (χ2n) is 2.60. The minimum absolute atomic E-state index is 0.0212. The molecule has 1 aliphatic rings. The van der Waals surface area contributed by atoms with Gasteiger partial charge >= 0.3 is 0 Å². The molecular formula is C7H8N4O2. The van der Waals surface area contributed by atoms with Crippen molar-refractivity contribution >= 4 is 11.7 Å². The summed E-state index contributed by atoms with van der Waals surface area (Å²) in [7, 11) is 0. The van der Waals surface area contributed by atoms with Gasteiger partial charge in [-0.05, 0) is 11.6 Å². The average molecular weight is 180 g/mol. The molecule has 0 spiro atoms. The summed E-state index contributed by atoms with van der Waals surface area (Å²) in [6, 6.07) is 0. The van der Waals surface area contributed by atoms with Crippen molar-refractivity contribution < 1.29 is 9.53 Å². The normalized spacial score (nSPS) is 14.4. The number of ether oxygens (including phenoxy) is 1. The Morgan fingerprint density at radius 3 is 3.15 bits per heavy atom. The Morgan fingerprint density at radius 2 is 2.38 bits per heavy atom. The van der Waals surface area contributed by atoms with Crippen molar-refractivity contribution in [3.63, 3.8) is 0 Å². The van der Waals surface area contributed by atoms with Gasteiger partial charge in [-0.25, -0.2) is 0 Å². The van der Waals surface area contributed by atoms with Crippen molar-refractivity contribution in [3.05, 3.63) is 5.69 Å². The molecule has 1 amide bonds. The number of aromatic nitrogens is 3. The van der Waals surface area contributed by atoms with Crippen molar-refractivity contribution in [1.82, 2.24) is 15.4 Å². The summed E-state index contributed by atoms with van der Waals surface area (Å²) < 4.78 is 5.18. The van der Waals surface area contributed by atoms with Gasteiger partial charge in [0.15, 0.2) is 12.4 Å². The first-order chi connectivity index (χ1) is 6.31. The number of carbonyl (C=O) groups is 1. The molecule has 0 bridgehead atoms. The van der Waals surface area contributed by atoms with Crippen molar-refractivity contribution in [3.8, 4) is 5.75 Å². The summed E-state index contributed by atoms with van der Waals surface area (Å²) in [5, 5.41) is 13.5. The number of rotatable bonds is 1. The fourth-order valence-electron chi connectivity index (χ4n) is 1.12. The Morgan fingerprint density at radius 1 is 1.54 bits per heavy atom. The Kier molecular flexibility index (Phi) is 1.80. The molecule has 68 valence electrons. The first kappa shape index (κ1) is 7.90. The molecule has 0 atom stereocenters. The lowest BCUT2D eigenvalue weighted by Crippen LogP contribution is -2.27. The Labute approximate surface area is 74.3 Å². The molecular weight excluding hydrogens is 172 g/mol. The highest BCUT2D eigenvalue weighted by Gasteiger charge is 2.20. The van der Waals surface area contributed by atoms with E-state index in [-0.39, 0.29) is 12.5 Å². The zero-order chi connectivity index (χ0) is 9.26. The van der Waals surface area contributed by atoms with E-state index in [9.17, 15) is 4.79 Å². The quantitative estimate of drug-likeness (QED) is 0.645. The second kappa shape index (κ2) is 2.96. The maximum atomic E-state index is 10.9. The Bertz CT molecular complexity index is 352. The summed E-state index contributed by atoms with van der Waals surface area (Å²) in [4.78, 5) is 10.9. The van der Waals surface area contributed by atoms with Crippen LogP contribution in [0.1, 0.15) is 12.6 Å². The largest absolute Gasteiger partial charge is 0.478 e. The lowest BCUT2D eigenvalue weighted by Gasteiger charge is -2.16. The van der Waals surface area contributed by atoms with Gasteiger partial charge in [-0.3, -0.25) is 4.79 Å². The molecule has 13 heavy (non-hydrogen) atoms. The number of hydrogen-bond donors (Lipinski definition) is 1. The van der Waals surface area contributed by atoms with E-state index in [2.05, 4.69) is 20.7 Å². The highest BCUT2D eigenvalue weighted by atomic mass is 16.5. The van der Waals surface area contributed by atoms with Crippen molar-refractivity contribution in [2.45, 2.75) is 13.3 Å². The molecule has 1 aromatic heterocycles. The van der Waals surface area contributed by atoms with Gasteiger partial charge in [-0.1, -0.05) is 6.92 Å². The van der Waals surface area contributed by atoms with Crippen LogP contribution >= 0.6 is 0 Å². The van der Waals surface area contributed by atoms with Gasteiger partial charge in [0.1, 0.15) is 5.69 Å². The average Bonchev–Trinajstić information content (AvgIpc) is 2.16. The topological polar surface area (TPSA) is 77.0 Å². The second-order valence-corrected chi connectivity index (χ2v) is 2.60. The summed E-state index contributed by atoms with van der Waals surface area (Å²) >= 11 is 0. The molecule has 1 aromatic rings. The number of amides is 1. The van der Waals surface area contributed by atoms with Gasteiger partial charge < -0.3 is 10.1 Å². The van der Waals surface area contributed by atoms with Gasteiger partial charge in [0, 0.05) is 0 Å². The molecule has 0 aromatic carbocycles. The van der Waals surface area contributed by atoms with Crippen LogP contribution in [-0.4, -0.2) is 27.9 Å². The number of hydrogen-bond acceptors (Lipinski definition) is 5. The molecule has 0 radical (unpaired) electrons. The van der Waals surface area contributed by atoms with E-state index in [1.165, 1.54) is 0 Å². The smallest absolute Gasteiger partial charge is 0.263 e. The summed E-state index contributed by atoms with van der Waals surface area (Å²) in [5.41, 5.74) is 0.713. The van der Waals surface area contributed by atoms with Gasteiger partial charge in [0.25, 0.3) is 5.91 Å². The molecule has 2 heterocycles. The highest BCUT2D eigenvalue weighted by molar-refractivity contribution is 5.94. The third-order valence-electron chi connectivity index (χ3n) is 1.73. The molecule has 6 heteroatoms. The third-order valence-corrected chi connectivity index (χ3v) is 1.73. The molecule has 0 fully saturated rings. The van der Waals surface area contributed by atoms with E-state index in [0.29, 0.717) is 23.7 Å². The maximum Gasteiger partial charge on any atom is 0.263 e. The number of carbonyl (C=O) groups excluding carboxylic acids is 1. The molecule has 1 aliphatic heterocycles. The molecule has 2 rings (SSSR count). The lowest BCUT2D eigenvalue weighted by atomic mass is 10.3. The van der Waals surface area contributed by atoms with Crippen LogP contribution in [0, 0.1) is 0 Å². The fourth-order valence-corrected chi connectivity index (χ4v) is 1.12. The van der Waals surface area contributed by atoms with E-state index >= 15 is 0 Å². The molecule has 0 unspecified atom stereocenters. The van der Waals surface area contributed by atoms with E-state index in [1.807, 2.05) is 6.92 Å². The molecule has 0 aliphatic carbocycles. The van der Waals surface area contributed by atoms with Gasteiger partial charge in [-0.15, -0.1) is 10.2 Å². The van der Waals surface area contributed by atoms with E-state index in [0.717, 1.165) is 0 Å². The monoisotopic (exact) mass is 180 g/mol. The first-order valence-electron chi connectivity index (χ1n) is 3.96. The standard InChI is InChI=1S/C7H8N4O2/c1-2-4-6-7(10-11-9-4)8-5(12)3-13-6/h2-3H2,1H3,(H,8,9,10,12). The van der Waals surface area contributed by atoms with Crippen LogP contribution in [0.25, 0.3) is 0 Å². The minimum Gasteiger partial charge on any atom is -0.478 e. The SMILES string of the molecule is CCc1nnnc2c1OCC(=O)N2. The number of nitrogens with one attached hydrogen (secondary N) is 1. The number of fused-ring (bicyclic) bond motifs is 1. The molecule has 1 N–H and O–H groups in total. The third kappa shape index (κ3) is 1.30. The fraction of sp³-hybridized carbons (Fsp3) is 0.429. The van der Waals surface area contributed by atoms with Crippen LogP contribution < -0.4 is 10.1 Å². The summed E-state index contributed by atoms with van der Waals surface area (Å²) in [5.74, 6) is 0.690. The molecule has 0 saturated carbocycles. The van der Waals surface area contributed by atoms with E-state index in [1.54, 1.807) is 0 Å². The number of aryl methyl sites for hydroxylation is 1. The Balaban J connectivity index is 2.45. The predicted octanol–water partition coefficient (Wildman–Crippen LogP) is -0.235. The van der Waals surface area contributed by atoms with Crippen LogP contribution in [0.2, 0.25) is 0 Å². The molecule has 6 nitrogen and oxygen atoms in total. The van der Waals surface area contributed by atoms with Gasteiger partial charge in [0.2, 0.25) is 5.82 Å². The van der Waals surface area contributed by atoms with Crippen LogP contribution in [0.4, 0.5) is 5.82 Å². The van der Waals surface area contributed by atoms with Crippen LogP contribution in [0.5, 0.6) is 5.75 Å². The first-order valence-corrected chi connectivity index (χ1v) is 3.96. The predicted molar refractivity (Wildman–Crippen MR) is 43.3 cm³/mol. The zero-order valence-corrected chi connectivity index (χ0v) is 7.07. The van der Waals surface area contributed by atoms with Crippen molar-refractivity contribution in [2.75, 3.05) is 11.9 Å². The Hall–Kier alpha value is -1.72. The summed E-state index contributed by atoms with van der Waals surface area (Å²) in [6.07, 6.45) is 0.702. The highest BCUT2D eigenvalue weighted by Crippen LogP contribution is 2.26. The van der Waals surface area contributed by atoms with Crippen molar-refractivity contribution in [2.24, 2.45) is 0 Å². The number of nitrogens with zero attached hydrogens (tertiary/aromatic N) is 3. The van der Waals surface area contributed by atoms with Crippen LogP contribution in [0.15, 0.2) is 0 Å². The van der Waals surface area contributed by atoms with Crippen LogP contribution in [-0.2, 0) is 11.2 Å². The van der Waals surface area contributed by atoms with Gasteiger partial charge in [0.05, 0.1) is 0 Å². The maximum absolute atomic E-state index is 10.9. The summed E-state index contributed by atoms with van der Waals surface area (Å²) in [6.45, 7) is 1.96. The lowest BCUT2D eigenvalue weighted by molar-refractivity contribution is -0.118. The molecule has 0 saturated heterocycles. The van der Waals surface area contributed by atoms with E-state index in [4.69, 9.17) is 4.74 Å². The van der Waals surface area contributed by atoms with Crippen LogP contribution in [0.3, 0.4) is 0 Å².